The van der Waals surface area contributed by atoms with Gasteiger partial charge in [0.25, 0.3) is 0 Å². The standard InChI is InChI=1S/C18H32N6O7/c1-8(2)6-10(19)16(28)22-9(3)15(27)24-12(7-14(21)26)17(29)23-11(18(30)31)4-5-13(20)25/h8-12H,4-7,19H2,1-3H3,(H2,20,25)(H2,21,26)(H,22,28)(H,23,29)(H,24,27)(H,30,31)/t9-,10-,11-,12-/m0/s1. The van der Waals surface area contributed by atoms with Gasteiger partial charge < -0.3 is 38.3 Å². The molecule has 0 spiro atoms. The number of carboxylic acids is 1. The average molecular weight is 444 g/mol. The zero-order chi connectivity index (χ0) is 24.3. The van der Waals surface area contributed by atoms with Crippen molar-refractivity contribution in [2.45, 2.75) is 70.6 Å². The number of carbonyl (C=O) groups is 6. The molecule has 0 aromatic rings. The summed E-state index contributed by atoms with van der Waals surface area (Å²) in [5.74, 6) is -5.34. The third kappa shape index (κ3) is 11.5. The first kappa shape index (κ1) is 27.8. The van der Waals surface area contributed by atoms with Gasteiger partial charge >= 0.3 is 5.97 Å². The van der Waals surface area contributed by atoms with Gasteiger partial charge in [-0.05, 0) is 25.7 Å². The Labute approximate surface area is 179 Å². The normalized spacial score (nSPS) is 14.6. The van der Waals surface area contributed by atoms with Gasteiger partial charge in [0.05, 0.1) is 12.5 Å². The summed E-state index contributed by atoms with van der Waals surface area (Å²) in [4.78, 5) is 70.3. The quantitative estimate of drug-likeness (QED) is 0.146. The first-order valence-corrected chi connectivity index (χ1v) is 9.70. The molecular formula is C18H32N6O7. The molecule has 0 bridgehead atoms. The molecule has 0 aromatic carbocycles. The molecule has 0 aromatic heterocycles. The van der Waals surface area contributed by atoms with Gasteiger partial charge in [0.1, 0.15) is 18.1 Å². The molecule has 13 nitrogen and oxygen atoms in total. The van der Waals surface area contributed by atoms with Crippen LogP contribution in [0.25, 0.3) is 0 Å². The lowest BCUT2D eigenvalue weighted by Crippen LogP contribution is -2.57. The zero-order valence-corrected chi connectivity index (χ0v) is 17.8. The van der Waals surface area contributed by atoms with Crippen molar-refractivity contribution in [1.82, 2.24) is 16.0 Å². The van der Waals surface area contributed by atoms with Crippen molar-refractivity contribution < 1.29 is 33.9 Å². The molecule has 0 aliphatic rings. The Morgan fingerprint density at radius 2 is 1.35 bits per heavy atom. The molecule has 0 saturated carbocycles. The molecule has 0 aliphatic carbocycles. The Kier molecular flexibility index (Phi) is 11.8. The second-order valence-electron chi connectivity index (χ2n) is 7.60. The van der Waals surface area contributed by atoms with Crippen molar-refractivity contribution in [3.63, 3.8) is 0 Å². The highest BCUT2D eigenvalue weighted by atomic mass is 16.4. The third-order valence-electron chi connectivity index (χ3n) is 4.15. The van der Waals surface area contributed by atoms with Crippen molar-refractivity contribution >= 4 is 35.5 Å². The van der Waals surface area contributed by atoms with Crippen molar-refractivity contribution in [2.75, 3.05) is 0 Å². The maximum Gasteiger partial charge on any atom is 0.326 e. The summed E-state index contributed by atoms with van der Waals surface area (Å²) >= 11 is 0. The number of primary amides is 2. The maximum atomic E-state index is 12.4. The lowest BCUT2D eigenvalue weighted by molar-refractivity contribution is -0.142. The van der Waals surface area contributed by atoms with Crippen LogP contribution in [0.15, 0.2) is 0 Å². The van der Waals surface area contributed by atoms with E-state index in [2.05, 4.69) is 16.0 Å². The molecule has 0 saturated heterocycles. The number of aliphatic carboxylic acids is 1. The molecule has 0 radical (unpaired) electrons. The number of hydrogen-bond acceptors (Lipinski definition) is 7. The molecular weight excluding hydrogens is 412 g/mol. The smallest absolute Gasteiger partial charge is 0.326 e. The third-order valence-corrected chi connectivity index (χ3v) is 4.15. The van der Waals surface area contributed by atoms with Gasteiger partial charge in [-0.3, -0.25) is 24.0 Å². The van der Waals surface area contributed by atoms with Gasteiger partial charge in [-0.1, -0.05) is 13.8 Å². The van der Waals surface area contributed by atoms with Crippen LogP contribution < -0.4 is 33.2 Å². The van der Waals surface area contributed by atoms with Crippen LogP contribution in [0, 0.1) is 5.92 Å². The lowest BCUT2D eigenvalue weighted by Gasteiger charge is -2.23. The number of carbonyl (C=O) groups excluding carboxylic acids is 5. The Morgan fingerprint density at radius 3 is 1.81 bits per heavy atom. The summed E-state index contributed by atoms with van der Waals surface area (Å²) in [5, 5.41) is 16.0. The van der Waals surface area contributed by atoms with E-state index in [1.54, 1.807) is 0 Å². The minimum atomic E-state index is -1.50. The Morgan fingerprint density at radius 1 is 0.806 bits per heavy atom. The summed E-state index contributed by atoms with van der Waals surface area (Å²) in [6, 6.07) is -4.90. The fraction of sp³-hybridized carbons (Fsp3) is 0.667. The largest absolute Gasteiger partial charge is 0.480 e. The number of hydrogen-bond donors (Lipinski definition) is 7. The molecule has 31 heavy (non-hydrogen) atoms. The Balaban J connectivity index is 5.13. The first-order chi connectivity index (χ1) is 14.2. The van der Waals surface area contributed by atoms with E-state index in [1.807, 2.05) is 13.8 Å². The highest BCUT2D eigenvalue weighted by Crippen LogP contribution is 2.04. The van der Waals surface area contributed by atoms with Crippen molar-refractivity contribution in [1.29, 1.82) is 0 Å². The predicted molar refractivity (Wildman–Crippen MR) is 109 cm³/mol. The molecule has 0 fully saturated rings. The molecule has 176 valence electrons. The van der Waals surface area contributed by atoms with Crippen LogP contribution in [-0.4, -0.2) is 64.8 Å². The minimum absolute atomic E-state index is 0.158. The SMILES string of the molecule is CC(C)C[C@H](N)C(=O)N[C@@H](C)C(=O)N[C@@H](CC(N)=O)C(=O)N[C@@H](CCC(N)=O)C(=O)O. The van der Waals surface area contributed by atoms with Crippen LogP contribution in [-0.2, 0) is 28.8 Å². The van der Waals surface area contributed by atoms with E-state index in [0.29, 0.717) is 6.42 Å². The molecule has 5 amide bonds. The summed E-state index contributed by atoms with van der Waals surface area (Å²) in [6.07, 6.45) is -0.806. The van der Waals surface area contributed by atoms with Crippen LogP contribution >= 0.6 is 0 Å². The van der Waals surface area contributed by atoms with E-state index in [9.17, 15) is 33.9 Å². The van der Waals surface area contributed by atoms with Crippen molar-refractivity contribution in [3.8, 4) is 0 Å². The zero-order valence-electron chi connectivity index (χ0n) is 17.8. The van der Waals surface area contributed by atoms with Crippen LogP contribution in [0.2, 0.25) is 0 Å². The summed E-state index contributed by atoms with van der Waals surface area (Å²) in [7, 11) is 0. The number of amides is 5. The molecule has 4 atom stereocenters. The minimum Gasteiger partial charge on any atom is -0.480 e. The van der Waals surface area contributed by atoms with E-state index >= 15 is 0 Å². The van der Waals surface area contributed by atoms with Crippen LogP contribution in [0.3, 0.4) is 0 Å². The van der Waals surface area contributed by atoms with Crippen LogP contribution in [0.5, 0.6) is 0 Å². The highest BCUT2D eigenvalue weighted by Gasteiger charge is 2.30. The van der Waals surface area contributed by atoms with Gasteiger partial charge in [-0.25, -0.2) is 4.79 Å². The average Bonchev–Trinajstić information content (AvgIpc) is 2.62. The number of carboxylic acid groups (broad SMARTS) is 1. The van der Waals surface area contributed by atoms with Crippen molar-refractivity contribution in [3.05, 3.63) is 0 Å². The lowest BCUT2D eigenvalue weighted by atomic mass is 10.0. The maximum absolute atomic E-state index is 12.4. The topological polar surface area (TPSA) is 237 Å². The number of rotatable bonds is 14. The number of nitrogens with two attached hydrogens (primary N) is 3. The number of nitrogens with one attached hydrogen (secondary N) is 3. The van der Waals surface area contributed by atoms with E-state index in [1.165, 1.54) is 6.92 Å². The monoisotopic (exact) mass is 444 g/mol. The highest BCUT2D eigenvalue weighted by molar-refractivity contribution is 5.96. The second-order valence-corrected chi connectivity index (χ2v) is 7.60. The van der Waals surface area contributed by atoms with Gasteiger partial charge in [0, 0.05) is 6.42 Å². The molecule has 0 rings (SSSR count). The Bertz CT molecular complexity index is 697. The van der Waals surface area contributed by atoms with Crippen LogP contribution in [0.1, 0.15) is 46.5 Å². The van der Waals surface area contributed by atoms with Gasteiger partial charge in [-0.2, -0.15) is 0 Å². The van der Waals surface area contributed by atoms with E-state index in [0.717, 1.165) is 0 Å². The molecule has 13 heteroatoms. The van der Waals surface area contributed by atoms with Crippen LogP contribution in [0.4, 0.5) is 0 Å². The van der Waals surface area contributed by atoms with Gasteiger partial charge in [0.2, 0.25) is 29.5 Å². The Hall–Kier alpha value is -3.22. The van der Waals surface area contributed by atoms with E-state index in [-0.39, 0.29) is 18.8 Å². The fourth-order valence-electron chi connectivity index (χ4n) is 2.52. The van der Waals surface area contributed by atoms with E-state index < -0.39 is 66.1 Å². The molecule has 0 heterocycles. The van der Waals surface area contributed by atoms with Gasteiger partial charge in [0.15, 0.2) is 0 Å². The molecule has 0 unspecified atom stereocenters. The summed E-state index contributed by atoms with van der Waals surface area (Å²) < 4.78 is 0. The van der Waals surface area contributed by atoms with E-state index in [4.69, 9.17) is 17.2 Å². The van der Waals surface area contributed by atoms with Gasteiger partial charge in [-0.15, -0.1) is 0 Å². The first-order valence-electron chi connectivity index (χ1n) is 9.70. The summed E-state index contributed by atoms with van der Waals surface area (Å²) in [6.45, 7) is 5.11. The summed E-state index contributed by atoms with van der Waals surface area (Å²) in [5.41, 5.74) is 15.8. The predicted octanol–water partition coefficient (Wildman–Crippen LogP) is -2.94. The molecule has 0 aliphatic heterocycles. The van der Waals surface area contributed by atoms with Crippen molar-refractivity contribution in [2.24, 2.45) is 23.1 Å². The fourth-order valence-corrected chi connectivity index (χ4v) is 2.52. The second kappa shape index (κ2) is 13.2. The molecule has 10 N–H and O–H groups in total.